The highest BCUT2D eigenvalue weighted by Crippen LogP contribution is 2.56. The maximum absolute atomic E-state index is 5.15. The molecular weight excluding hydrogens is 522 g/mol. The molecule has 0 N–H and O–H groups in total. The summed E-state index contributed by atoms with van der Waals surface area (Å²) in [5, 5.41) is 0. The highest BCUT2D eigenvalue weighted by molar-refractivity contribution is 5.88. The van der Waals surface area contributed by atoms with Crippen molar-refractivity contribution in [2.75, 3.05) is 0 Å². The summed E-state index contributed by atoms with van der Waals surface area (Å²) in [6.07, 6.45) is 3.78. The highest BCUT2D eigenvalue weighted by atomic mass is 14.9. The van der Waals surface area contributed by atoms with E-state index < -0.39 is 5.41 Å². The number of nitrogens with zero attached hydrogens (tertiary/aromatic N) is 3. The summed E-state index contributed by atoms with van der Waals surface area (Å²) < 4.78 is 0. The molecule has 0 radical (unpaired) electrons. The monoisotopic (exact) mass is 549 g/mol. The van der Waals surface area contributed by atoms with Gasteiger partial charge in [-0.3, -0.25) is 4.98 Å². The molecule has 0 amide bonds. The van der Waals surface area contributed by atoms with Gasteiger partial charge in [-0.1, -0.05) is 127 Å². The largest absolute Gasteiger partial charge is 0.265 e. The van der Waals surface area contributed by atoms with Crippen LogP contribution in [0.2, 0.25) is 0 Å². The van der Waals surface area contributed by atoms with E-state index in [1.54, 1.807) is 0 Å². The summed E-state index contributed by atoms with van der Waals surface area (Å²) in [6, 6.07) is 53.3. The van der Waals surface area contributed by atoms with Gasteiger partial charge in [-0.15, -0.1) is 0 Å². The average Bonchev–Trinajstić information content (AvgIpc) is 3.40. The molecule has 2 aromatic heterocycles. The van der Waals surface area contributed by atoms with Crippen LogP contribution in [0, 0.1) is 0 Å². The van der Waals surface area contributed by atoms with Crippen molar-refractivity contribution >= 4 is 0 Å². The fourth-order valence-electron chi connectivity index (χ4n) is 6.59. The number of benzene rings is 5. The third kappa shape index (κ3) is 4.09. The van der Waals surface area contributed by atoms with E-state index in [1.165, 1.54) is 33.4 Å². The van der Waals surface area contributed by atoms with Gasteiger partial charge in [0.15, 0.2) is 5.82 Å². The number of fused-ring (bicyclic) bond motifs is 3. The number of pyridine rings is 1. The Bertz CT molecular complexity index is 1960. The summed E-state index contributed by atoms with van der Waals surface area (Å²) in [5.41, 5.74) is 11.8. The normalized spacial score (nSPS) is 15.1. The zero-order valence-corrected chi connectivity index (χ0v) is 23.4. The van der Waals surface area contributed by atoms with Gasteiger partial charge in [0.2, 0.25) is 0 Å². The zero-order chi connectivity index (χ0) is 28.6. The Morgan fingerprint density at radius 2 is 0.930 bits per heavy atom. The van der Waals surface area contributed by atoms with E-state index >= 15 is 0 Å². The lowest BCUT2D eigenvalue weighted by atomic mass is 9.68. The van der Waals surface area contributed by atoms with Gasteiger partial charge in [0.1, 0.15) is 0 Å². The molecule has 2 heterocycles. The van der Waals surface area contributed by atoms with Crippen molar-refractivity contribution in [1.29, 1.82) is 0 Å². The van der Waals surface area contributed by atoms with E-state index in [0.29, 0.717) is 5.82 Å². The molecule has 1 unspecified atom stereocenters. The molecule has 43 heavy (non-hydrogen) atoms. The molecule has 0 bridgehead atoms. The van der Waals surface area contributed by atoms with Crippen molar-refractivity contribution in [2.45, 2.75) is 5.41 Å². The lowest BCUT2D eigenvalue weighted by Gasteiger charge is -2.33. The van der Waals surface area contributed by atoms with Crippen molar-refractivity contribution in [3.8, 4) is 45.0 Å². The molecular formula is C40H27N3. The number of hydrogen-bond donors (Lipinski definition) is 0. The van der Waals surface area contributed by atoms with Crippen molar-refractivity contribution < 1.29 is 0 Å². The first kappa shape index (κ1) is 25.1. The number of aromatic nitrogens is 3. The van der Waals surface area contributed by atoms with Crippen LogP contribution in [0.25, 0.3) is 45.0 Å². The van der Waals surface area contributed by atoms with Crippen LogP contribution in [0.3, 0.4) is 0 Å². The number of rotatable bonds is 5. The van der Waals surface area contributed by atoms with Gasteiger partial charge in [0.25, 0.3) is 0 Å². The van der Waals surface area contributed by atoms with E-state index in [2.05, 4.69) is 145 Å². The minimum atomic E-state index is -0.508. The molecule has 1 atom stereocenters. The summed E-state index contributed by atoms with van der Waals surface area (Å²) >= 11 is 0. The summed E-state index contributed by atoms with van der Waals surface area (Å²) in [5.74, 6) is 0.704. The predicted molar refractivity (Wildman–Crippen MR) is 173 cm³/mol. The molecule has 0 fully saturated rings. The quantitative estimate of drug-likeness (QED) is 0.215. The third-order valence-electron chi connectivity index (χ3n) is 8.49. The second-order valence-corrected chi connectivity index (χ2v) is 10.9. The SMILES string of the molecule is c1ccc(-c2cc(-c3ccccc3)nc(-c3ccc4c(c3)C(c3ccccc3)(c3ccncc3)c3ccccc3-4)n2)cc1. The minimum Gasteiger partial charge on any atom is -0.265 e. The molecule has 1 aliphatic carbocycles. The maximum Gasteiger partial charge on any atom is 0.160 e. The standard InChI is InChI=1S/C40H27N3/c1-4-12-28(13-5-1)37-27-38(29-14-6-2-7-15-29)43-39(42-37)30-20-21-34-33-18-10-11-19-35(33)40(36(34)26-30,31-16-8-3-9-17-31)32-22-24-41-25-23-32/h1-27H. The summed E-state index contributed by atoms with van der Waals surface area (Å²) in [6.45, 7) is 0. The molecule has 3 heteroatoms. The average molecular weight is 550 g/mol. The first-order chi connectivity index (χ1) is 21.3. The third-order valence-corrected chi connectivity index (χ3v) is 8.49. The van der Waals surface area contributed by atoms with E-state index in [4.69, 9.17) is 9.97 Å². The van der Waals surface area contributed by atoms with Crippen LogP contribution >= 0.6 is 0 Å². The van der Waals surface area contributed by atoms with E-state index in [0.717, 1.165) is 28.1 Å². The lowest BCUT2D eigenvalue weighted by molar-refractivity contribution is 0.766. The van der Waals surface area contributed by atoms with Crippen molar-refractivity contribution in [2.24, 2.45) is 0 Å². The van der Waals surface area contributed by atoms with Gasteiger partial charge in [0.05, 0.1) is 16.8 Å². The topological polar surface area (TPSA) is 38.7 Å². The van der Waals surface area contributed by atoms with Crippen molar-refractivity contribution in [3.63, 3.8) is 0 Å². The van der Waals surface area contributed by atoms with Crippen LogP contribution in [-0.4, -0.2) is 15.0 Å². The molecule has 7 aromatic rings. The maximum atomic E-state index is 5.15. The van der Waals surface area contributed by atoms with Crippen LogP contribution in [0.5, 0.6) is 0 Å². The Morgan fingerprint density at radius 1 is 0.395 bits per heavy atom. The molecule has 0 aliphatic heterocycles. The van der Waals surface area contributed by atoms with Gasteiger partial charge >= 0.3 is 0 Å². The van der Waals surface area contributed by atoms with Gasteiger partial charge in [0, 0.05) is 29.1 Å². The van der Waals surface area contributed by atoms with Crippen LogP contribution in [0.4, 0.5) is 0 Å². The van der Waals surface area contributed by atoms with Crippen molar-refractivity contribution in [1.82, 2.24) is 15.0 Å². The Morgan fingerprint density at radius 3 is 1.58 bits per heavy atom. The second-order valence-electron chi connectivity index (χ2n) is 10.9. The Balaban J connectivity index is 1.41. The minimum absolute atomic E-state index is 0.508. The first-order valence-corrected chi connectivity index (χ1v) is 14.5. The molecule has 0 saturated carbocycles. The zero-order valence-electron chi connectivity index (χ0n) is 23.4. The van der Waals surface area contributed by atoms with Gasteiger partial charge in [-0.05, 0) is 57.6 Å². The lowest BCUT2D eigenvalue weighted by Crippen LogP contribution is -2.28. The van der Waals surface area contributed by atoms with E-state index in [9.17, 15) is 0 Å². The Kier molecular flexibility index (Phi) is 6.01. The smallest absolute Gasteiger partial charge is 0.160 e. The predicted octanol–water partition coefficient (Wildman–Crippen LogP) is 9.24. The van der Waals surface area contributed by atoms with Crippen molar-refractivity contribution in [3.05, 3.63) is 186 Å². The Hall–Kier alpha value is -5.67. The van der Waals surface area contributed by atoms with Crippen LogP contribution < -0.4 is 0 Å². The van der Waals surface area contributed by atoms with Gasteiger partial charge < -0.3 is 0 Å². The van der Waals surface area contributed by atoms with Crippen LogP contribution in [0.15, 0.2) is 164 Å². The highest BCUT2D eigenvalue weighted by Gasteiger charge is 2.46. The molecule has 0 saturated heterocycles. The fraction of sp³-hybridized carbons (Fsp3) is 0.0250. The van der Waals surface area contributed by atoms with E-state index in [-0.39, 0.29) is 0 Å². The van der Waals surface area contributed by atoms with Gasteiger partial charge in [-0.2, -0.15) is 0 Å². The summed E-state index contributed by atoms with van der Waals surface area (Å²) in [4.78, 5) is 14.7. The second kappa shape index (κ2) is 10.3. The molecule has 0 spiro atoms. The summed E-state index contributed by atoms with van der Waals surface area (Å²) in [7, 11) is 0. The number of hydrogen-bond acceptors (Lipinski definition) is 3. The molecule has 3 nitrogen and oxygen atoms in total. The fourth-order valence-corrected chi connectivity index (χ4v) is 6.59. The van der Waals surface area contributed by atoms with Crippen LogP contribution in [-0.2, 0) is 5.41 Å². The first-order valence-electron chi connectivity index (χ1n) is 14.5. The van der Waals surface area contributed by atoms with Gasteiger partial charge in [-0.25, -0.2) is 9.97 Å². The Labute approximate surface area is 251 Å². The molecule has 202 valence electrons. The van der Waals surface area contributed by atoms with Crippen LogP contribution in [0.1, 0.15) is 22.3 Å². The molecule has 1 aliphatic rings. The van der Waals surface area contributed by atoms with E-state index in [1.807, 2.05) is 24.5 Å². The molecule has 5 aromatic carbocycles. The molecule has 8 rings (SSSR count).